The molecule has 0 saturated heterocycles. The van der Waals surface area contributed by atoms with Crippen molar-refractivity contribution in [3.63, 3.8) is 0 Å². The molecular weight excluding hydrogens is 266 g/mol. The first-order valence-electron chi connectivity index (χ1n) is 5.55. The van der Waals surface area contributed by atoms with Gasteiger partial charge in [0.1, 0.15) is 9.84 Å². The Morgan fingerprint density at radius 2 is 1.71 bits per heavy atom. The summed E-state index contributed by atoms with van der Waals surface area (Å²) in [5.74, 6) is -0.847. The molecule has 6 nitrogen and oxygen atoms in total. The zero-order valence-corrected chi connectivity index (χ0v) is 11.4. The number of sulfone groups is 1. The van der Waals surface area contributed by atoms with E-state index in [1.807, 2.05) is 0 Å². The molecule has 0 aliphatic heterocycles. The lowest BCUT2D eigenvalue weighted by atomic mass is 9.93. The van der Waals surface area contributed by atoms with Gasteiger partial charge in [0.05, 0.1) is 17.6 Å². The highest BCUT2D eigenvalue weighted by Crippen LogP contribution is 2.18. The Kier molecular flexibility index (Phi) is 4.94. The summed E-state index contributed by atoms with van der Waals surface area (Å²) in [5.41, 5.74) is 0. The van der Waals surface area contributed by atoms with Crippen LogP contribution >= 0.6 is 0 Å². The third-order valence-corrected chi connectivity index (χ3v) is 5.39. The van der Waals surface area contributed by atoms with Crippen LogP contribution in [-0.2, 0) is 19.9 Å². The topological polar surface area (TPSA) is 101 Å². The fraction of sp³-hybridized carbons (Fsp3) is 1.00. The normalized spacial score (nSPS) is 26.9. The van der Waals surface area contributed by atoms with Gasteiger partial charge in [-0.3, -0.25) is 0 Å². The van der Waals surface area contributed by atoms with Crippen molar-refractivity contribution in [2.75, 3.05) is 17.8 Å². The SMILES string of the molecule is CS(=O)(=O)CCS(=O)(=O)N[C@@H]1CCCC[C@H]1O. The third kappa shape index (κ3) is 5.80. The molecule has 0 unspecified atom stereocenters. The quantitative estimate of drug-likeness (QED) is 0.692. The highest BCUT2D eigenvalue weighted by Gasteiger charge is 2.27. The number of aliphatic hydroxyl groups excluding tert-OH is 1. The van der Waals surface area contributed by atoms with Gasteiger partial charge in [0, 0.05) is 12.3 Å². The van der Waals surface area contributed by atoms with E-state index in [2.05, 4.69) is 4.72 Å². The standard InChI is InChI=1S/C9H19NO5S2/c1-16(12,13)6-7-17(14,15)10-8-4-2-3-5-9(8)11/h8-11H,2-7H2,1H3/t8-,9-/m1/s1. The van der Waals surface area contributed by atoms with Gasteiger partial charge in [-0.1, -0.05) is 12.8 Å². The molecule has 0 amide bonds. The molecule has 0 aromatic carbocycles. The van der Waals surface area contributed by atoms with Crippen molar-refractivity contribution in [3.05, 3.63) is 0 Å². The average Bonchev–Trinajstić information content (AvgIpc) is 2.18. The van der Waals surface area contributed by atoms with Gasteiger partial charge in [0.25, 0.3) is 0 Å². The number of hydrogen-bond donors (Lipinski definition) is 2. The van der Waals surface area contributed by atoms with Gasteiger partial charge in [-0.15, -0.1) is 0 Å². The average molecular weight is 285 g/mol. The molecule has 8 heteroatoms. The number of aliphatic hydroxyl groups is 1. The minimum atomic E-state index is -3.64. The van der Waals surface area contributed by atoms with E-state index in [1.165, 1.54) is 0 Å². The second kappa shape index (κ2) is 5.64. The van der Waals surface area contributed by atoms with Crippen molar-refractivity contribution in [2.24, 2.45) is 0 Å². The molecule has 1 fully saturated rings. The van der Waals surface area contributed by atoms with Crippen LogP contribution in [0.3, 0.4) is 0 Å². The van der Waals surface area contributed by atoms with E-state index in [0.29, 0.717) is 12.8 Å². The van der Waals surface area contributed by atoms with E-state index >= 15 is 0 Å². The molecule has 0 spiro atoms. The lowest BCUT2D eigenvalue weighted by Gasteiger charge is -2.27. The molecule has 1 saturated carbocycles. The number of nitrogens with one attached hydrogen (secondary N) is 1. The Labute approximate surface area is 102 Å². The van der Waals surface area contributed by atoms with E-state index in [1.54, 1.807) is 0 Å². The smallest absolute Gasteiger partial charge is 0.212 e. The fourth-order valence-electron chi connectivity index (χ4n) is 1.80. The largest absolute Gasteiger partial charge is 0.391 e. The minimum absolute atomic E-state index is 0.398. The molecule has 0 radical (unpaired) electrons. The first-order valence-corrected chi connectivity index (χ1v) is 9.27. The van der Waals surface area contributed by atoms with Gasteiger partial charge < -0.3 is 5.11 Å². The Hall–Kier alpha value is -0.180. The zero-order valence-electron chi connectivity index (χ0n) is 9.79. The van der Waals surface area contributed by atoms with Crippen LogP contribution in [0.25, 0.3) is 0 Å². The Morgan fingerprint density at radius 1 is 1.12 bits per heavy atom. The van der Waals surface area contributed by atoms with Crippen LogP contribution in [0, 0.1) is 0 Å². The lowest BCUT2D eigenvalue weighted by Crippen LogP contribution is -2.46. The summed E-state index contributed by atoms with van der Waals surface area (Å²) in [6, 6.07) is -0.478. The maximum absolute atomic E-state index is 11.6. The van der Waals surface area contributed by atoms with Crippen LogP contribution in [0.15, 0.2) is 0 Å². The van der Waals surface area contributed by atoms with Gasteiger partial charge >= 0.3 is 0 Å². The lowest BCUT2D eigenvalue weighted by molar-refractivity contribution is 0.101. The molecular formula is C9H19NO5S2. The van der Waals surface area contributed by atoms with Crippen molar-refractivity contribution < 1.29 is 21.9 Å². The minimum Gasteiger partial charge on any atom is -0.391 e. The second-order valence-electron chi connectivity index (χ2n) is 4.52. The predicted octanol–water partition coefficient (Wildman–Crippen LogP) is -0.746. The second-order valence-corrected chi connectivity index (χ2v) is 8.66. The summed E-state index contributed by atoms with van der Waals surface area (Å²) in [7, 11) is -6.93. The van der Waals surface area contributed by atoms with Gasteiger partial charge in [0.15, 0.2) is 0 Å². The van der Waals surface area contributed by atoms with Crippen LogP contribution < -0.4 is 4.72 Å². The maximum Gasteiger partial charge on any atom is 0.212 e. The summed E-state index contributed by atoms with van der Waals surface area (Å²) < 4.78 is 47.4. The number of hydrogen-bond acceptors (Lipinski definition) is 5. The molecule has 0 aromatic rings. The molecule has 2 atom stereocenters. The summed E-state index contributed by atoms with van der Waals surface area (Å²) >= 11 is 0. The summed E-state index contributed by atoms with van der Waals surface area (Å²) in [6.07, 6.45) is 3.27. The summed E-state index contributed by atoms with van der Waals surface area (Å²) in [4.78, 5) is 0. The Balaban J connectivity index is 2.54. The number of rotatable bonds is 5. The summed E-state index contributed by atoms with van der Waals surface area (Å²) in [6.45, 7) is 0. The molecule has 0 aromatic heterocycles. The molecule has 102 valence electrons. The number of sulfonamides is 1. The Morgan fingerprint density at radius 3 is 2.24 bits per heavy atom. The predicted molar refractivity (Wildman–Crippen MR) is 64.9 cm³/mol. The molecule has 1 aliphatic rings. The molecule has 0 bridgehead atoms. The molecule has 17 heavy (non-hydrogen) atoms. The van der Waals surface area contributed by atoms with Crippen molar-refractivity contribution in [1.29, 1.82) is 0 Å². The molecule has 1 rings (SSSR count). The molecule has 2 N–H and O–H groups in total. The van der Waals surface area contributed by atoms with Gasteiger partial charge in [-0.05, 0) is 12.8 Å². The van der Waals surface area contributed by atoms with Crippen molar-refractivity contribution >= 4 is 19.9 Å². The fourth-order valence-corrected chi connectivity index (χ4v) is 4.74. The van der Waals surface area contributed by atoms with E-state index in [9.17, 15) is 21.9 Å². The van der Waals surface area contributed by atoms with E-state index in [-0.39, 0.29) is 0 Å². The molecule has 0 heterocycles. The van der Waals surface area contributed by atoms with Gasteiger partial charge in [-0.25, -0.2) is 21.6 Å². The van der Waals surface area contributed by atoms with E-state index in [0.717, 1.165) is 19.1 Å². The van der Waals surface area contributed by atoms with Crippen molar-refractivity contribution in [2.45, 2.75) is 37.8 Å². The van der Waals surface area contributed by atoms with Crippen LogP contribution in [0.2, 0.25) is 0 Å². The maximum atomic E-state index is 11.6. The van der Waals surface area contributed by atoms with Crippen LogP contribution in [0.5, 0.6) is 0 Å². The van der Waals surface area contributed by atoms with Gasteiger partial charge in [0.2, 0.25) is 10.0 Å². The van der Waals surface area contributed by atoms with Crippen LogP contribution in [0.4, 0.5) is 0 Å². The van der Waals surface area contributed by atoms with Crippen molar-refractivity contribution in [3.8, 4) is 0 Å². The third-order valence-electron chi connectivity index (χ3n) is 2.78. The van der Waals surface area contributed by atoms with E-state index < -0.39 is 43.5 Å². The zero-order chi connectivity index (χ0) is 13.1. The monoisotopic (exact) mass is 285 g/mol. The van der Waals surface area contributed by atoms with E-state index in [4.69, 9.17) is 0 Å². The molecule has 1 aliphatic carbocycles. The first-order chi connectivity index (χ1) is 7.70. The van der Waals surface area contributed by atoms with Crippen LogP contribution in [-0.4, -0.2) is 51.8 Å². The highest BCUT2D eigenvalue weighted by molar-refractivity contribution is 7.93. The Bertz CT molecular complexity index is 442. The van der Waals surface area contributed by atoms with Gasteiger partial charge in [-0.2, -0.15) is 0 Å². The highest BCUT2D eigenvalue weighted by atomic mass is 32.2. The summed E-state index contributed by atoms with van der Waals surface area (Å²) in [5, 5.41) is 9.62. The first kappa shape index (κ1) is 14.9. The van der Waals surface area contributed by atoms with Crippen LogP contribution in [0.1, 0.15) is 25.7 Å². The van der Waals surface area contributed by atoms with Crippen molar-refractivity contribution in [1.82, 2.24) is 4.72 Å².